The van der Waals surface area contributed by atoms with E-state index < -0.39 is 0 Å². The number of likely N-dealkylation sites (N-methyl/N-ethyl adjacent to an activating group) is 1. The van der Waals surface area contributed by atoms with Crippen LogP contribution in [0.5, 0.6) is 5.75 Å². The summed E-state index contributed by atoms with van der Waals surface area (Å²) < 4.78 is 11.3. The number of hydrogen-bond acceptors (Lipinski definition) is 5. The van der Waals surface area contributed by atoms with Crippen LogP contribution in [0.25, 0.3) is 0 Å². The molecule has 2 aliphatic heterocycles. The molecule has 3 rings (SSSR count). The molecule has 5 nitrogen and oxygen atoms in total. The summed E-state index contributed by atoms with van der Waals surface area (Å²) in [6, 6.07) is 7.40. The Kier molecular flexibility index (Phi) is 5.64. The first-order valence-corrected chi connectivity index (χ1v) is 8.94. The number of nitrogens with one attached hydrogen (secondary N) is 1. The summed E-state index contributed by atoms with van der Waals surface area (Å²) in [5.41, 5.74) is -0.242. The Morgan fingerprint density at radius 3 is 2.96 bits per heavy atom. The molecule has 2 fully saturated rings. The van der Waals surface area contributed by atoms with Crippen LogP contribution in [0.15, 0.2) is 24.3 Å². The highest BCUT2D eigenvalue weighted by atomic mass is 35.5. The van der Waals surface area contributed by atoms with Gasteiger partial charge in [-0.3, -0.25) is 9.69 Å². The van der Waals surface area contributed by atoms with Crippen LogP contribution in [0.2, 0.25) is 5.02 Å². The van der Waals surface area contributed by atoms with Gasteiger partial charge in [0, 0.05) is 24.5 Å². The minimum Gasteiger partial charge on any atom is -0.492 e. The summed E-state index contributed by atoms with van der Waals surface area (Å²) in [6.07, 6.45) is 2.62. The van der Waals surface area contributed by atoms with E-state index in [1.165, 1.54) is 0 Å². The molecule has 6 heteroatoms. The molecule has 1 unspecified atom stereocenters. The molecule has 1 atom stereocenters. The van der Waals surface area contributed by atoms with Crippen LogP contribution in [0.4, 0.5) is 0 Å². The SMILES string of the molecule is CN(CCOc1cccc(Cl)c1)CC1CC2(CCNCC2)C(=O)O1. The minimum atomic E-state index is -0.242. The molecular weight excluding hydrogens is 328 g/mol. The van der Waals surface area contributed by atoms with Crippen molar-refractivity contribution in [2.24, 2.45) is 5.41 Å². The van der Waals surface area contributed by atoms with E-state index in [2.05, 4.69) is 10.2 Å². The first-order valence-electron chi connectivity index (χ1n) is 8.56. The van der Waals surface area contributed by atoms with Crippen molar-refractivity contribution in [1.82, 2.24) is 10.2 Å². The van der Waals surface area contributed by atoms with Gasteiger partial charge < -0.3 is 14.8 Å². The average molecular weight is 353 g/mol. The molecule has 0 bridgehead atoms. The Balaban J connectivity index is 1.42. The fraction of sp³-hybridized carbons (Fsp3) is 0.611. The summed E-state index contributed by atoms with van der Waals surface area (Å²) in [7, 11) is 2.03. The minimum absolute atomic E-state index is 0.00224. The van der Waals surface area contributed by atoms with Crippen LogP contribution in [-0.2, 0) is 9.53 Å². The maximum atomic E-state index is 12.3. The Hall–Kier alpha value is -1.30. The second-order valence-electron chi connectivity index (χ2n) is 6.83. The highest BCUT2D eigenvalue weighted by molar-refractivity contribution is 6.30. The van der Waals surface area contributed by atoms with E-state index in [0.29, 0.717) is 11.6 Å². The zero-order valence-corrected chi connectivity index (χ0v) is 14.8. The topological polar surface area (TPSA) is 50.8 Å². The van der Waals surface area contributed by atoms with Crippen molar-refractivity contribution in [3.63, 3.8) is 0 Å². The third kappa shape index (κ3) is 4.21. The van der Waals surface area contributed by atoms with Crippen LogP contribution < -0.4 is 10.1 Å². The van der Waals surface area contributed by atoms with Crippen LogP contribution in [-0.4, -0.2) is 56.8 Å². The molecule has 1 spiro atoms. The molecule has 0 aromatic heterocycles. The number of rotatable bonds is 6. The highest BCUT2D eigenvalue weighted by Crippen LogP contribution is 2.41. The lowest BCUT2D eigenvalue weighted by Crippen LogP contribution is -2.39. The standard InChI is InChI=1S/C18H25ClN2O3/c1-21(9-10-23-15-4-2-3-14(19)11-15)13-16-12-18(17(22)24-16)5-7-20-8-6-18/h2-4,11,16,20H,5-10,12-13H2,1H3. The predicted molar refractivity (Wildman–Crippen MR) is 93.5 cm³/mol. The number of carbonyl (C=O) groups excluding carboxylic acids is 1. The van der Waals surface area contributed by atoms with E-state index in [-0.39, 0.29) is 17.5 Å². The van der Waals surface area contributed by atoms with E-state index in [1.807, 2.05) is 25.2 Å². The van der Waals surface area contributed by atoms with Gasteiger partial charge in [-0.1, -0.05) is 17.7 Å². The number of cyclic esters (lactones) is 1. The van der Waals surface area contributed by atoms with Crippen molar-refractivity contribution >= 4 is 17.6 Å². The molecule has 24 heavy (non-hydrogen) atoms. The van der Waals surface area contributed by atoms with Crippen molar-refractivity contribution in [3.8, 4) is 5.75 Å². The molecule has 1 aromatic rings. The van der Waals surface area contributed by atoms with Crippen LogP contribution in [0.1, 0.15) is 19.3 Å². The number of nitrogens with zero attached hydrogens (tertiary/aromatic N) is 1. The van der Waals surface area contributed by atoms with Gasteiger partial charge in [-0.25, -0.2) is 0 Å². The number of carbonyl (C=O) groups is 1. The van der Waals surface area contributed by atoms with Crippen LogP contribution >= 0.6 is 11.6 Å². The number of benzene rings is 1. The number of ether oxygens (including phenoxy) is 2. The molecule has 0 saturated carbocycles. The van der Waals surface area contributed by atoms with Crippen molar-refractivity contribution < 1.29 is 14.3 Å². The van der Waals surface area contributed by atoms with E-state index in [4.69, 9.17) is 21.1 Å². The third-order valence-electron chi connectivity index (χ3n) is 4.94. The van der Waals surface area contributed by atoms with E-state index in [1.54, 1.807) is 6.07 Å². The normalized spacial score (nSPS) is 22.8. The maximum Gasteiger partial charge on any atom is 0.312 e. The quantitative estimate of drug-likeness (QED) is 0.796. The summed E-state index contributed by atoms with van der Waals surface area (Å²) in [4.78, 5) is 14.4. The maximum absolute atomic E-state index is 12.3. The van der Waals surface area contributed by atoms with Crippen LogP contribution in [0, 0.1) is 5.41 Å². The smallest absolute Gasteiger partial charge is 0.312 e. The lowest BCUT2D eigenvalue weighted by molar-refractivity contribution is -0.150. The van der Waals surface area contributed by atoms with Gasteiger partial charge in [0.1, 0.15) is 18.5 Å². The van der Waals surface area contributed by atoms with E-state index >= 15 is 0 Å². The molecule has 0 radical (unpaired) electrons. The van der Waals surface area contributed by atoms with Gasteiger partial charge in [-0.2, -0.15) is 0 Å². The summed E-state index contributed by atoms with van der Waals surface area (Å²) in [6.45, 7) is 3.91. The Labute approximate surface area is 148 Å². The number of halogens is 1. The largest absolute Gasteiger partial charge is 0.492 e. The second kappa shape index (κ2) is 7.72. The van der Waals surface area contributed by atoms with Gasteiger partial charge in [0.05, 0.1) is 5.41 Å². The molecule has 1 aromatic carbocycles. The van der Waals surface area contributed by atoms with Crippen LogP contribution in [0.3, 0.4) is 0 Å². The molecule has 0 aliphatic carbocycles. The van der Waals surface area contributed by atoms with Gasteiger partial charge in [-0.15, -0.1) is 0 Å². The monoisotopic (exact) mass is 352 g/mol. The van der Waals surface area contributed by atoms with Gasteiger partial charge >= 0.3 is 5.97 Å². The number of hydrogen-bond donors (Lipinski definition) is 1. The Morgan fingerprint density at radius 1 is 1.42 bits per heavy atom. The van der Waals surface area contributed by atoms with Gasteiger partial charge in [0.25, 0.3) is 0 Å². The first-order chi connectivity index (χ1) is 11.6. The lowest BCUT2D eigenvalue weighted by Gasteiger charge is -2.29. The van der Waals surface area contributed by atoms with Gasteiger partial charge in [0.15, 0.2) is 0 Å². The summed E-state index contributed by atoms with van der Waals surface area (Å²) in [5.74, 6) is 0.773. The number of piperidine rings is 1. The zero-order chi connectivity index (χ0) is 17.0. The molecule has 2 saturated heterocycles. The second-order valence-corrected chi connectivity index (χ2v) is 7.27. The summed E-state index contributed by atoms with van der Waals surface area (Å²) in [5, 5.41) is 3.99. The first kappa shape index (κ1) is 17.5. The van der Waals surface area contributed by atoms with Gasteiger partial charge in [-0.05, 0) is 51.2 Å². The average Bonchev–Trinajstić information content (AvgIpc) is 2.83. The molecule has 0 amide bonds. The van der Waals surface area contributed by atoms with E-state index in [9.17, 15) is 4.79 Å². The third-order valence-corrected chi connectivity index (χ3v) is 5.17. The van der Waals surface area contributed by atoms with Gasteiger partial charge in [0.2, 0.25) is 0 Å². The fourth-order valence-electron chi connectivity index (χ4n) is 3.57. The van der Waals surface area contributed by atoms with Crippen molar-refractivity contribution in [3.05, 3.63) is 29.3 Å². The lowest BCUT2D eigenvalue weighted by atomic mass is 9.76. The van der Waals surface area contributed by atoms with E-state index in [0.717, 1.165) is 51.2 Å². The predicted octanol–water partition coefficient (Wildman–Crippen LogP) is 2.34. The molecular formula is C18H25ClN2O3. The highest BCUT2D eigenvalue weighted by Gasteiger charge is 2.49. The Bertz CT molecular complexity index is 575. The fourth-order valence-corrected chi connectivity index (χ4v) is 3.75. The molecule has 132 valence electrons. The van der Waals surface area contributed by atoms with Crippen molar-refractivity contribution in [2.45, 2.75) is 25.4 Å². The van der Waals surface area contributed by atoms with Crippen molar-refractivity contribution in [2.75, 3.05) is 39.8 Å². The number of esters is 1. The molecule has 2 aliphatic rings. The zero-order valence-electron chi connectivity index (χ0n) is 14.1. The summed E-state index contributed by atoms with van der Waals surface area (Å²) >= 11 is 5.94. The Morgan fingerprint density at radius 2 is 2.21 bits per heavy atom. The van der Waals surface area contributed by atoms with Crippen molar-refractivity contribution in [1.29, 1.82) is 0 Å². The molecule has 2 heterocycles. The molecule has 1 N–H and O–H groups in total.